The lowest BCUT2D eigenvalue weighted by atomic mass is 9.81. The van der Waals surface area contributed by atoms with Gasteiger partial charge in [0.25, 0.3) is 0 Å². The van der Waals surface area contributed by atoms with Gasteiger partial charge in [0.1, 0.15) is 0 Å². The third kappa shape index (κ3) is 13.5. The van der Waals surface area contributed by atoms with E-state index in [0.29, 0.717) is 6.10 Å². The quantitative estimate of drug-likeness (QED) is 0.683. The lowest BCUT2D eigenvalue weighted by molar-refractivity contribution is -0.0224. The van der Waals surface area contributed by atoms with E-state index >= 15 is 0 Å². The van der Waals surface area contributed by atoms with Gasteiger partial charge >= 0.3 is 0 Å². The predicted molar refractivity (Wildman–Crippen MR) is 98.5 cm³/mol. The molecule has 0 radical (unpaired) electrons. The fraction of sp³-hybridized carbons (Fsp3) is 1.00. The summed E-state index contributed by atoms with van der Waals surface area (Å²) in [7, 11) is 1.00. The van der Waals surface area contributed by atoms with Gasteiger partial charge in [0.2, 0.25) is 0 Å². The molecule has 136 valence electrons. The first-order chi connectivity index (χ1) is 10.3. The van der Waals surface area contributed by atoms with E-state index in [1.165, 1.54) is 32.1 Å². The second-order valence-corrected chi connectivity index (χ2v) is 7.50. The van der Waals surface area contributed by atoms with Gasteiger partial charge in [0.15, 0.2) is 0 Å². The molecular formula is C19H43NO2. The molecule has 0 unspecified atom stereocenters. The van der Waals surface area contributed by atoms with Crippen LogP contribution < -0.4 is 5.32 Å². The van der Waals surface area contributed by atoms with Crippen molar-refractivity contribution in [2.75, 3.05) is 13.7 Å². The number of ether oxygens (including phenoxy) is 1. The van der Waals surface area contributed by atoms with Gasteiger partial charge in [-0.15, -0.1) is 0 Å². The topological polar surface area (TPSA) is 41.5 Å². The largest absolute Gasteiger partial charge is 0.400 e. The average Bonchev–Trinajstić information content (AvgIpc) is 2.39. The van der Waals surface area contributed by atoms with E-state index in [4.69, 9.17) is 9.84 Å². The van der Waals surface area contributed by atoms with Gasteiger partial charge < -0.3 is 15.2 Å². The molecule has 1 saturated heterocycles. The highest BCUT2D eigenvalue weighted by molar-refractivity contribution is 4.97. The second-order valence-electron chi connectivity index (χ2n) is 7.50. The van der Waals surface area contributed by atoms with Crippen LogP contribution in [0, 0.1) is 0 Å². The fourth-order valence-electron chi connectivity index (χ4n) is 3.09. The van der Waals surface area contributed by atoms with Crippen molar-refractivity contribution >= 4 is 0 Å². The summed E-state index contributed by atoms with van der Waals surface area (Å²) in [4.78, 5) is 0. The molecule has 1 rings (SSSR count). The zero-order chi connectivity index (χ0) is 17.6. The SMILES string of the molecule is CCCCC.CCCCOC1CC(C)(C)NC(C)(C)C1.CO. The number of hydrogen-bond donors (Lipinski definition) is 2. The Morgan fingerprint density at radius 2 is 1.27 bits per heavy atom. The number of nitrogens with one attached hydrogen (secondary N) is 1. The molecule has 1 heterocycles. The molecule has 0 spiro atoms. The van der Waals surface area contributed by atoms with Crippen molar-refractivity contribution < 1.29 is 9.84 Å². The van der Waals surface area contributed by atoms with Gasteiger partial charge in [-0.05, 0) is 47.0 Å². The third-order valence-electron chi connectivity index (χ3n) is 3.71. The summed E-state index contributed by atoms with van der Waals surface area (Å²) in [5.41, 5.74) is 0.414. The molecular weight excluding hydrogens is 274 g/mol. The van der Waals surface area contributed by atoms with Crippen LogP contribution in [0.2, 0.25) is 0 Å². The molecule has 0 atom stereocenters. The molecule has 3 nitrogen and oxygen atoms in total. The predicted octanol–water partition coefficient (Wildman–Crippen LogP) is 4.92. The smallest absolute Gasteiger partial charge is 0.0609 e. The van der Waals surface area contributed by atoms with Crippen LogP contribution in [0.3, 0.4) is 0 Å². The Labute approximate surface area is 140 Å². The maximum absolute atomic E-state index is 7.00. The maximum Gasteiger partial charge on any atom is 0.0609 e. The fourth-order valence-corrected chi connectivity index (χ4v) is 3.09. The van der Waals surface area contributed by atoms with E-state index in [1.54, 1.807) is 0 Å². The van der Waals surface area contributed by atoms with E-state index in [0.717, 1.165) is 26.6 Å². The summed E-state index contributed by atoms with van der Waals surface area (Å²) >= 11 is 0. The summed E-state index contributed by atoms with van der Waals surface area (Å²) < 4.78 is 5.95. The van der Waals surface area contributed by atoms with Crippen molar-refractivity contribution in [1.29, 1.82) is 0 Å². The molecule has 1 aliphatic heterocycles. The van der Waals surface area contributed by atoms with Crippen LogP contribution >= 0.6 is 0 Å². The number of unbranched alkanes of at least 4 members (excludes halogenated alkanes) is 3. The van der Waals surface area contributed by atoms with E-state index in [2.05, 4.69) is 53.8 Å². The van der Waals surface area contributed by atoms with E-state index in [-0.39, 0.29) is 11.1 Å². The third-order valence-corrected chi connectivity index (χ3v) is 3.71. The molecule has 1 aliphatic rings. The monoisotopic (exact) mass is 317 g/mol. The number of rotatable bonds is 6. The Hall–Kier alpha value is -0.120. The number of aliphatic hydroxyl groups is 1. The minimum absolute atomic E-state index is 0.207. The van der Waals surface area contributed by atoms with Gasteiger partial charge in [-0.3, -0.25) is 0 Å². The van der Waals surface area contributed by atoms with Crippen molar-refractivity contribution in [3.63, 3.8) is 0 Å². The summed E-state index contributed by atoms with van der Waals surface area (Å²) in [5, 5.41) is 10.7. The first-order valence-electron chi connectivity index (χ1n) is 9.12. The highest BCUT2D eigenvalue weighted by Gasteiger charge is 2.37. The molecule has 2 N–H and O–H groups in total. The lowest BCUT2D eigenvalue weighted by Crippen LogP contribution is -2.59. The highest BCUT2D eigenvalue weighted by Crippen LogP contribution is 2.30. The van der Waals surface area contributed by atoms with Crippen LogP contribution in [0.4, 0.5) is 0 Å². The number of piperidine rings is 1. The van der Waals surface area contributed by atoms with Gasteiger partial charge in [-0.2, -0.15) is 0 Å². The second kappa shape index (κ2) is 13.3. The molecule has 0 aromatic heterocycles. The van der Waals surface area contributed by atoms with Crippen LogP contribution in [0.5, 0.6) is 0 Å². The minimum atomic E-state index is 0.207. The van der Waals surface area contributed by atoms with Gasteiger partial charge in [-0.25, -0.2) is 0 Å². The number of hydrogen-bond acceptors (Lipinski definition) is 3. The standard InChI is InChI=1S/C13H27NO.C5H12.CH4O/c1-6-7-8-15-11-9-12(2,3)14-13(4,5)10-11;1-3-5-4-2;1-2/h11,14H,6-10H2,1-5H3;3-5H2,1-2H3;2H,1H3. The van der Waals surface area contributed by atoms with Crippen molar-refractivity contribution in [2.24, 2.45) is 0 Å². The van der Waals surface area contributed by atoms with Gasteiger partial charge in [0, 0.05) is 24.8 Å². The Balaban J connectivity index is 0. The molecule has 0 bridgehead atoms. The van der Waals surface area contributed by atoms with Crippen molar-refractivity contribution in [1.82, 2.24) is 5.32 Å². The van der Waals surface area contributed by atoms with Crippen molar-refractivity contribution in [3.8, 4) is 0 Å². The molecule has 3 heteroatoms. The summed E-state index contributed by atoms with van der Waals surface area (Å²) in [6, 6.07) is 0. The van der Waals surface area contributed by atoms with Crippen LogP contribution in [0.15, 0.2) is 0 Å². The van der Waals surface area contributed by atoms with E-state index in [1.807, 2.05) is 0 Å². The minimum Gasteiger partial charge on any atom is -0.400 e. The van der Waals surface area contributed by atoms with Crippen LogP contribution in [0.25, 0.3) is 0 Å². The maximum atomic E-state index is 7.00. The molecule has 22 heavy (non-hydrogen) atoms. The zero-order valence-corrected chi connectivity index (χ0v) is 16.6. The first kappa shape index (κ1) is 24.1. The van der Waals surface area contributed by atoms with Gasteiger partial charge in [0.05, 0.1) is 6.10 Å². The van der Waals surface area contributed by atoms with E-state index < -0.39 is 0 Å². The van der Waals surface area contributed by atoms with Crippen molar-refractivity contribution in [2.45, 2.75) is 111 Å². The normalized spacial score (nSPS) is 19.5. The van der Waals surface area contributed by atoms with E-state index in [9.17, 15) is 0 Å². The lowest BCUT2D eigenvalue weighted by Gasteiger charge is -2.46. The first-order valence-corrected chi connectivity index (χ1v) is 9.12. The molecule has 0 amide bonds. The summed E-state index contributed by atoms with van der Waals surface area (Å²) in [5.74, 6) is 0. The molecule has 1 fully saturated rings. The van der Waals surface area contributed by atoms with Crippen LogP contribution in [-0.4, -0.2) is 36.0 Å². The van der Waals surface area contributed by atoms with Gasteiger partial charge in [-0.1, -0.05) is 46.5 Å². The molecule has 0 saturated carbocycles. The van der Waals surface area contributed by atoms with Crippen molar-refractivity contribution in [3.05, 3.63) is 0 Å². The zero-order valence-electron chi connectivity index (χ0n) is 16.6. The van der Waals surface area contributed by atoms with Crippen LogP contribution in [0.1, 0.15) is 93.4 Å². The summed E-state index contributed by atoms with van der Waals surface area (Å²) in [6.07, 6.45) is 9.17. The molecule has 0 aromatic rings. The Morgan fingerprint density at radius 3 is 1.59 bits per heavy atom. The summed E-state index contributed by atoms with van der Waals surface area (Å²) in [6.45, 7) is 16.6. The molecule has 0 aliphatic carbocycles. The Kier molecular flexibility index (Phi) is 14.6. The Bertz CT molecular complexity index is 222. The highest BCUT2D eigenvalue weighted by atomic mass is 16.5. The number of aliphatic hydroxyl groups excluding tert-OH is 1. The molecule has 0 aromatic carbocycles. The van der Waals surface area contributed by atoms with Crippen LogP contribution in [-0.2, 0) is 4.74 Å². The Morgan fingerprint density at radius 1 is 0.864 bits per heavy atom. The average molecular weight is 318 g/mol.